The molecule has 2 N–H and O–H groups in total. The molecule has 1 saturated carbocycles. The predicted molar refractivity (Wildman–Crippen MR) is 98.2 cm³/mol. The molecule has 0 saturated heterocycles. The van der Waals surface area contributed by atoms with Crippen LogP contribution in [0.15, 0.2) is 36.4 Å². The van der Waals surface area contributed by atoms with Gasteiger partial charge in [0, 0.05) is 19.2 Å². The molecular weight excluding hydrogens is 332 g/mol. The molecule has 2 heterocycles. The molecule has 26 heavy (non-hydrogen) atoms. The van der Waals surface area contributed by atoms with Gasteiger partial charge in [0.25, 0.3) is 5.91 Å². The number of carbonyl (C=O) groups excluding carboxylic acids is 1. The first kappa shape index (κ1) is 18.9. The Balaban J connectivity index is 1.65. The smallest absolute Gasteiger partial charge is 0.290 e. The fraction of sp³-hybridized carbons (Fsp3) is 0.600. The average Bonchev–Trinajstić information content (AvgIpc) is 3.21. The molecule has 0 aromatic carbocycles. The zero-order valence-corrected chi connectivity index (χ0v) is 15.1. The van der Waals surface area contributed by atoms with Crippen LogP contribution in [0, 0.1) is 11.8 Å². The van der Waals surface area contributed by atoms with Crippen molar-refractivity contribution in [1.29, 1.82) is 0 Å². The summed E-state index contributed by atoms with van der Waals surface area (Å²) in [6, 6.07) is 3.58. The number of allylic oxidation sites excluding steroid dienone is 1. The first-order valence-corrected chi connectivity index (χ1v) is 9.58. The molecular formula is C20H28N2O4. The zero-order chi connectivity index (χ0) is 18.2. The van der Waals surface area contributed by atoms with Gasteiger partial charge in [-0.2, -0.15) is 0 Å². The number of hydrogen-bond donors (Lipinski definition) is 2. The molecule has 1 amide bonds. The van der Waals surface area contributed by atoms with E-state index < -0.39 is 6.29 Å². The van der Waals surface area contributed by atoms with Gasteiger partial charge in [0.1, 0.15) is 0 Å². The Morgan fingerprint density at radius 1 is 1.35 bits per heavy atom. The lowest BCUT2D eigenvalue weighted by molar-refractivity contribution is -0.148. The highest BCUT2D eigenvalue weighted by Crippen LogP contribution is 2.38. The molecule has 1 aliphatic carbocycles. The van der Waals surface area contributed by atoms with E-state index in [0.29, 0.717) is 36.3 Å². The highest BCUT2D eigenvalue weighted by atomic mass is 16.7. The van der Waals surface area contributed by atoms with Gasteiger partial charge in [-0.3, -0.25) is 9.78 Å². The highest BCUT2D eigenvalue weighted by molar-refractivity contribution is 6.02. The van der Waals surface area contributed by atoms with E-state index >= 15 is 0 Å². The monoisotopic (exact) mass is 360 g/mol. The maximum atomic E-state index is 12.6. The van der Waals surface area contributed by atoms with Crippen molar-refractivity contribution < 1.29 is 19.4 Å². The number of aliphatic hydroxyl groups excluding tert-OH is 1. The highest BCUT2D eigenvalue weighted by Gasteiger charge is 2.33. The maximum Gasteiger partial charge on any atom is 0.290 e. The third-order valence-corrected chi connectivity index (χ3v) is 5.09. The average molecular weight is 360 g/mol. The number of aliphatic hydroxyl groups is 1. The molecule has 6 nitrogen and oxygen atoms in total. The van der Waals surface area contributed by atoms with Crippen molar-refractivity contribution in [2.24, 2.45) is 11.8 Å². The number of anilines is 1. The topological polar surface area (TPSA) is 80.7 Å². The van der Waals surface area contributed by atoms with Gasteiger partial charge in [0.15, 0.2) is 5.76 Å². The number of nitrogens with one attached hydrogen (secondary N) is 1. The van der Waals surface area contributed by atoms with Crippen molar-refractivity contribution in [3.63, 3.8) is 0 Å². The summed E-state index contributed by atoms with van der Waals surface area (Å²) in [5.41, 5.74) is 0.644. The van der Waals surface area contributed by atoms with Crippen molar-refractivity contribution in [2.45, 2.75) is 51.2 Å². The van der Waals surface area contributed by atoms with Crippen molar-refractivity contribution >= 4 is 11.6 Å². The van der Waals surface area contributed by atoms with Gasteiger partial charge in [0.05, 0.1) is 18.5 Å². The summed E-state index contributed by atoms with van der Waals surface area (Å²) in [6.07, 6.45) is 12.1. The van der Waals surface area contributed by atoms with Crippen LogP contribution in [0.4, 0.5) is 5.69 Å². The van der Waals surface area contributed by atoms with Gasteiger partial charge in [-0.15, -0.1) is 0 Å². The molecule has 0 unspecified atom stereocenters. The van der Waals surface area contributed by atoms with Gasteiger partial charge in [0.2, 0.25) is 6.29 Å². The molecule has 6 heteroatoms. The van der Waals surface area contributed by atoms with Crippen LogP contribution in [0.2, 0.25) is 0 Å². The van der Waals surface area contributed by atoms with Crippen LogP contribution in [-0.4, -0.2) is 35.5 Å². The molecule has 1 aliphatic heterocycles. The van der Waals surface area contributed by atoms with Gasteiger partial charge >= 0.3 is 0 Å². The van der Waals surface area contributed by atoms with Gasteiger partial charge < -0.3 is 19.9 Å². The molecule has 3 rings (SSSR count). The van der Waals surface area contributed by atoms with Crippen LogP contribution in [0.25, 0.3) is 0 Å². The van der Waals surface area contributed by atoms with Crippen LogP contribution in [-0.2, 0) is 14.3 Å². The molecule has 1 aromatic rings. The van der Waals surface area contributed by atoms with E-state index in [0.717, 1.165) is 12.8 Å². The summed E-state index contributed by atoms with van der Waals surface area (Å²) >= 11 is 0. The molecule has 2 aliphatic rings. The lowest BCUT2D eigenvalue weighted by atomic mass is 9.86. The standard InChI is InChI=1S/C20H28N2O4/c23-10-3-4-11-25-19-13-16(15-6-1-2-7-15)12-18(26-19)20(24)22-17-8-5-9-21-14-17/h5,8-9,12,14-16,19,23H,1-4,6-7,10-11,13H2,(H,22,24)/t16-,19+/m1/s1. The lowest BCUT2D eigenvalue weighted by Crippen LogP contribution is -2.32. The van der Waals surface area contributed by atoms with Gasteiger partial charge in [-0.25, -0.2) is 0 Å². The number of hydrogen-bond acceptors (Lipinski definition) is 5. The predicted octanol–water partition coefficient (Wildman–Crippen LogP) is 3.25. The van der Waals surface area contributed by atoms with Crippen LogP contribution in [0.1, 0.15) is 44.9 Å². The Morgan fingerprint density at radius 3 is 2.92 bits per heavy atom. The third-order valence-electron chi connectivity index (χ3n) is 5.09. The quantitative estimate of drug-likeness (QED) is 0.696. The van der Waals surface area contributed by atoms with E-state index in [-0.39, 0.29) is 12.5 Å². The molecule has 0 radical (unpaired) electrons. The molecule has 1 aromatic heterocycles. The SMILES string of the molecule is O=C(Nc1cccnc1)C1=C[C@@H](C2CCCC2)C[C@@H](OCCCCO)O1. The van der Waals surface area contributed by atoms with E-state index in [1.54, 1.807) is 24.5 Å². The minimum absolute atomic E-state index is 0.165. The number of unbranched alkanes of at least 4 members (excludes halogenated alkanes) is 1. The van der Waals surface area contributed by atoms with E-state index in [9.17, 15) is 4.79 Å². The first-order chi connectivity index (χ1) is 12.8. The number of rotatable bonds is 8. The second kappa shape index (κ2) is 9.69. The normalized spacial score (nSPS) is 23.3. The minimum atomic E-state index is -0.404. The Hall–Kier alpha value is -1.92. The number of carbonyl (C=O) groups is 1. The molecule has 0 spiro atoms. The van der Waals surface area contributed by atoms with Crippen molar-refractivity contribution in [3.05, 3.63) is 36.4 Å². The number of amides is 1. The first-order valence-electron chi connectivity index (χ1n) is 9.58. The number of pyridine rings is 1. The van der Waals surface area contributed by atoms with Crippen LogP contribution in [0.3, 0.4) is 0 Å². The van der Waals surface area contributed by atoms with E-state index in [2.05, 4.69) is 10.3 Å². The van der Waals surface area contributed by atoms with Gasteiger partial charge in [-0.1, -0.05) is 12.8 Å². The second-order valence-corrected chi connectivity index (χ2v) is 7.02. The summed E-state index contributed by atoms with van der Waals surface area (Å²) in [4.78, 5) is 16.6. The van der Waals surface area contributed by atoms with Crippen LogP contribution >= 0.6 is 0 Å². The lowest BCUT2D eigenvalue weighted by Gasteiger charge is -2.32. The third kappa shape index (κ3) is 5.29. The largest absolute Gasteiger partial charge is 0.459 e. The van der Waals surface area contributed by atoms with Crippen molar-refractivity contribution in [2.75, 3.05) is 18.5 Å². The minimum Gasteiger partial charge on any atom is -0.459 e. The Bertz CT molecular complexity index is 599. The van der Waals surface area contributed by atoms with Crippen LogP contribution < -0.4 is 5.32 Å². The molecule has 142 valence electrons. The molecule has 2 atom stereocenters. The number of ether oxygens (including phenoxy) is 2. The fourth-order valence-corrected chi connectivity index (χ4v) is 3.72. The second-order valence-electron chi connectivity index (χ2n) is 7.02. The molecule has 1 fully saturated rings. The van der Waals surface area contributed by atoms with E-state index in [1.165, 1.54) is 25.7 Å². The number of aromatic nitrogens is 1. The fourth-order valence-electron chi connectivity index (χ4n) is 3.72. The van der Waals surface area contributed by atoms with Crippen molar-refractivity contribution in [3.8, 4) is 0 Å². The van der Waals surface area contributed by atoms with E-state index in [4.69, 9.17) is 14.6 Å². The number of nitrogens with zero attached hydrogens (tertiary/aromatic N) is 1. The maximum absolute atomic E-state index is 12.6. The summed E-state index contributed by atoms with van der Waals surface area (Å²) in [5.74, 6) is 0.987. The molecule has 0 bridgehead atoms. The summed E-state index contributed by atoms with van der Waals surface area (Å²) < 4.78 is 11.7. The van der Waals surface area contributed by atoms with E-state index in [1.807, 2.05) is 6.08 Å². The van der Waals surface area contributed by atoms with Crippen molar-refractivity contribution in [1.82, 2.24) is 4.98 Å². The van der Waals surface area contributed by atoms with Gasteiger partial charge in [-0.05, 0) is 55.7 Å². The van der Waals surface area contributed by atoms with Crippen LogP contribution in [0.5, 0.6) is 0 Å². The summed E-state index contributed by atoms with van der Waals surface area (Å²) in [5, 5.41) is 11.7. The summed E-state index contributed by atoms with van der Waals surface area (Å²) in [6.45, 7) is 0.693. The zero-order valence-electron chi connectivity index (χ0n) is 15.1. The summed E-state index contributed by atoms with van der Waals surface area (Å²) in [7, 11) is 0. The Kier molecular flexibility index (Phi) is 7.03. The Labute approximate surface area is 154 Å². The Morgan fingerprint density at radius 2 is 2.19 bits per heavy atom.